The fourth-order valence-corrected chi connectivity index (χ4v) is 9.13. The number of amides is 4. The Morgan fingerprint density at radius 1 is 0.650 bits per heavy atom. The van der Waals surface area contributed by atoms with E-state index in [1.807, 2.05) is 92.9 Å². The number of ether oxygens (including phenoxy) is 2. The number of pyridine rings is 3. The van der Waals surface area contributed by atoms with Crippen molar-refractivity contribution in [3.8, 4) is 5.75 Å². The van der Waals surface area contributed by atoms with Gasteiger partial charge in [0.1, 0.15) is 34.5 Å². The number of piperidine rings is 1. The van der Waals surface area contributed by atoms with Gasteiger partial charge in [0, 0.05) is 157 Å². The molecule has 0 aliphatic carbocycles. The van der Waals surface area contributed by atoms with Crippen molar-refractivity contribution >= 4 is 176 Å². The lowest BCUT2D eigenvalue weighted by molar-refractivity contribution is -0.00122. The quantitative estimate of drug-likeness (QED) is 0.0338. The fraction of sp³-hybridized carbons (Fsp3) is 0.313. The molecule has 8 aromatic rings. The fourth-order valence-electron chi connectivity index (χ4n) is 7.47. The number of aromatic nitrogens is 11. The molecule has 0 radical (unpaired) electrons. The van der Waals surface area contributed by atoms with Crippen LogP contribution in [0, 0.1) is 10.4 Å². The second-order valence-corrected chi connectivity index (χ2v) is 27.5. The van der Waals surface area contributed by atoms with Crippen LogP contribution in [0.4, 0.5) is 10.6 Å². The number of carboxylic acid groups (broad SMARTS) is 1. The molecule has 1 fully saturated rings. The Morgan fingerprint density at radius 3 is 1.47 bits per heavy atom. The van der Waals surface area contributed by atoms with Crippen molar-refractivity contribution in [3.05, 3.63) is 217 Å². The summed E-state index contributed by atoms with van der Waals surface area (Å²) in [5.41, 5.74) is 12.2. The van der Waals surface area contributed by atoms with Crippen LogP contribution in [0.1, 0.15) is 125 Å². The molecule has 10 rings (SSSR count). The number of nitrogens with one attached hydrogen (secondary N) is 3. The highest BCUT2D eigenvalue weighted by atomic mass is 127. The molecule has 0 bridgehead atoms. The van der Waals surface area contributed by atoms with E-state index in [-0.39, 0.29) is 41.3 Å². The van der Waals surface area contributed by atoms with Crippen LogP contribution < -0.4 is 32.2 Å². The van der Waals surface area contributed by atoms with Crippen LogP contribution in [-0.2, 0) is 4.74 Å². The molecule has 0 unspecified atom stereocenters. The maximum absolute atomic E-state index is 12.4. The van der Waals surface area contributed by atoms with E-state index in [1.165, 1.54) is 31.8 Å². The van der Waals surface area contributed by atoms with E-state index in [1.54, 1.807) is 90.6 Å². The smallest absolute Gasteiger partial charge is 0.410 e. The number of halogens is 8. The Bertz CT molecular complexity index is 3840. The molecule has 1 saturated heterocycles. The average molecular weight is 1940 g/mol. The molecule has 4 amide bonds. The number of aromatic carboxylic acids is 1. The van der Waals surface area contributed by atoms with Gasteiger partial charge in [-0.2, -0.15) is 0 Å². The number of fused-ring (bicyclic) bond motifs is 1. The second kappa shape index (κ2) is 51.7. The minimum Gasteiger partial charge on any atom is -0.482 e. The predicted octanol–water partition coefficient (Wildman–Crippen LogP) is 13.5. The highest BCUT2D eigenvalue weighted by Crippen LogP contribution is 2.43. The number of likely N-dealkylation sites (tertiary alicyclic amines) is 1. The van der Waals surface area contributed by atoms with E-state index in [4.69, 9.17) is 38.5 Å². The normalized spacial score (nSPS) is 11.5. The molecule has 28 nitrogen and oxygen atoms in total. The average Bonchev–Trinajstić information content (AvgIpc) is 0.758. The van der Waals surface area contributed by atoms with E-state index in [0.29, 0.717) is 71.7 Å². The molecule has 7 aromatic heterocycles. The molecule has 8 N–H and O–H groups in total. The molecular weight excluding hydrogens is 1860 g/mol. The standard InChI is InChI=1S/C24H25N3O3.C9H12BrN3O.C8H9BrN2O.C7H7BrN2O.C5H2BrClN2O.C5H3BrN2O2.C4H2BrIN2.2C2H7N.CH5N/c1-23(2,3)30-22(28)27-13-11-24(12-14-27)15-19(17-9-10-21(25-4)26-16-17)18-7-5-6-8-20(18)29-24;1-3-13(4-2)9(14)8-11-5-7(10)6-12-8;1-2-10-8(12)7-4-3-6(9)5-11-7;1-9-7(11)6-3-2-5(8)4-10-6;6-3-1-8-5(4(7)10)9-2-3;6-3-1-7-4(5(9)10)8-2-3;5-3-1-7-4(6)8-2-3;1-3-2;1-2-3;1-2/h5-10,15-16H,11-14H2,1-3H3;5-6H,3-4H2,1-2H3;3-5H,2H2,1H3,(H,10,12);2-4H,1H3,(H,9,11);1-2H;1-2H,(H,9,10);1-2H;3H,1-2H3;2-3H2,1H3;2H2,1H3. The third kappa shape index (κ3) is 37.2. The van der Waals surface area contributed by atoms with E-state index >= 15 is 0 Å². The monoisotopic (exact) mass is 1930 g/mol. The van der Waals surface area contributed by atoms with Crippen molar-refractivity contribution in [2.45, 2.75) is 72.5 Å². The summed E-state index contributed by atoms with van der Waals surface area (Å²) in [6.45, 7) is 24.2. The first-order valence-electron chi connectivity index (χ1n) is 30.7. The topological polar surface area (TPSA) is 382 Å². The summed E-state index contributed by atoms with van der Waals surface area (Å²) in [7, 11) is 6.83. The van der Waals surface area contributed by atoms with Crippen LogP contribution in [0.2, 0.25) is 0 Å². The van der Waals surface area contributed by atoms with E-state index in [0.717, 1.165) is 50.7 Å². The summed E-state index contributed by atoms with van der Waals surface area (Å²) >= 11 is 26.2. The SMILES string of the molecule is Brc1cnc(I)nc1.CCN.CCN(CC)C(=O)c1ncc(Br)cn1.CCNC(=O)c1ccc(Br)cn1.CN.CNC.CNC(=O)c1ccc(Br)cn1.O=C(Cl)c1ncc(Br)cn1.O=C(O)c1ncc(Br)cn1.[C-]#[N+]c1ccc(C2=CC3(CCN(C(=O)OC(C)(C)C)CC3)Oc3ccccc32)cn1. The number of nitrogens with zero attached hydrogens (tertiary/aromatic N) is 14. The van der Waals surface area contributed by atoms with Gasteiger partial charge in [0.25, 0.3) is 28.8 Å². The Labute approximate surface area is 668 Å². The van der Waals surface area contributed by atoms with Crippen molar-refractivity contribution in [2.24, 2.45) is 11.5 Å². The number of benzene rings is 1. The van der Waals surface area contributed by atoms with Crippen molar-refractivity contribution < 1.29 is 43.3 Å². The summed E-state index contributed by atoms with van der Waals surface area (Å²) in [4.78, 5) is 116. The number of rotatable bonds is 9. The lowest BCUT2D eigenvalue weighted by Gasteiger charge is -2.43. The molecule has 552 valence electrons. The van der Waals surface area contributed by atoms with Crippen molar-refractivity contribution in [3.63, 3.8) is 0 Å². The first kappa shape index (κ1) is 93.6. The Balaban J connectivity index is 0.000000623. The van der Waals surface area contributed by atoms with Crippen molar-refractivity contribution in [2.75, 3.05) is 67.5 Å². The second-order valence-electron chi connectivity index (χ2n) is 20.7. The molecule has 0 atom stereocenters. The number of nitrogens with two attached hydrogens (primary N) is 2. The zero-order valence-corrected chi connectivity index (χ0v) is 70.4. The van der Waals surface area contributed by atoms with Crippen molar-refractivity contribution in [1.82, 2.24) is 80.6 Å². The van der Waals surface area contributed by atoms with Gasteiger partial charge in [-0.3, -0.25) is 19.2 Å². The molecule has 0 saturated carbocycles. The van der Waals surface area contributed by atoms with E-state index in [9.17, 15) is 28.8 Å². The van der Waals surface area contributed by atoms with Gasteiger partial charge in [-0.25, -0.2) is 59.4 Å². The van der Waals surface area contributed by atoms with Gasteiger partial charge in [-0.05, 0) is 224 Å². The number of hydrogen-bond donors (Lipinski definition) is 6. The molecule has 36 heteroatoms. The van der Waals surface area contributed by atoms with Gasteiger partial charge in [0.15, 0.2) is 3.83 Å². The van der Waals surface area contributed by atoms with E-state index < -0.39 is 22.4 Å². The van der Waals surface area contributed by atoms with E-state index in [2.05, 4.69) is 206 Å². The predicted molar refractivity (Wildman–Crippen MR) is 426 cm³/mol. The first-order valence-corrected chi connectivity index (χ1v) is 36.9. The van der Waals surface area contributed by atoms with Crippen LogP contribution in [0.5, 0.6) is 5.75 Å². The lowest BCUT2D eigenvalue weighted by Crippen LogP contribution is -2.50. The maximum atomic E-state index is 12.4. The van der Waals surface area contributed by atoms with Crippen LogP contribution in [-0.4, -0.2) is 183 Å². The zero-order valence-electron chi connectivity index (χ0n) is 58.0. The lowest BCUT2D eigenvalue weighted by atomic mass is 9.83. The summed E-state index contributed by atoms with van der Waals surface area (Å²) in [5.74, 6) is -0.266. The highest BCUT2D eigenvalue weighted by Gasteiger charge is 2.41. The van der Waals surface area contributed by atoms with Crippen LogP contribution >= 0.6 is 130 Å². The molecule has 1 spiro atoms. The minimum absolute atomic E-state index is 0.0184. The molecular formula is C67H79Br6ClIN19O9. The summed E-state index contributed by atoms with van der Waals surface area (Å²) in [5, 5.41) is 15.6. The minimum atomic E-state index is -1.12. The Morgan fingerprint density at radius 2 is 1.09 bits per heavy atom. The molecule has 2 aliphatic heterocycles. The Hall–Kier alpha value is -7.38. The maximum Gasteiger partial charge on any atom is 0.410 e. The Kier molecular flexibility index (Phi) is 47.0. The van der Waals surface area contributed by atoms with Crippen LogP contribution in [0.3, 0.4) is 0 Å². The molecule has 1 aromatic carbocycles. The number of para-hydroxylation sites is 1. The summed E-state index contributed by atoms with van der Waals surface area (Å²) in [6.07, 6.45) is 20.4. The molecule has 2 aliphatic rings. The summed E-state index contributed by atoms with van der Waals surface area (Å²) in [6, 6.07) is 18.5. The van der Waals surface area contributed by atoms with Gasteiger partial charge in [0.2, 0.25) is 17.5 Å². The third-order valence-electron chi connectivity index (χ3n) is 11.9. The largest absolute Gasteiger partial charge is 0.482 e. The van der Waals surface area contributed by atoms with Crippen molar-refractivity contribution in [1.29, 1.82) is 0 Å². The summed E-state index contributed by atoms with van der Waals surface area (Å²) < 4.78 is 17.6. The zero-order chi connectivity index (χ0) is 77.7. The van der Waals surface area contributed by atoms with Gasteiger partial charge in [-0.1, -0.05) is 37.8 Å². The molecule has 9 heterocycles. The van der Waals surface area contributed by atoms with Gasteiger partial charge < -0.3 is 56.6 Å². The number of hydrogen-bond acceptors (Lipinski definition) is 22. The first-order chi connectivity index (χ1) is 49.0. The third-order valence-corrected chi connectivity index (χ3v) is 15.2. The number of carbonyl (C=O) groups is 6. The number of carboxylic acids is 1. The number of carbonyl (C=O) groups excluding carboxylic acids is 5. The van der Waals surface area contributed by atoms with Gasteiger partial charge >= 0.3 is 12.1 Å². The molecule has 103 heavy (non-hydrogen) atoms. The van der Waals surface area contributed by atoms with Crippen LogP contribution in [0.25, 0.3) is 10.4 Å². The van der Waals surface area contributed by atoms with Crippen LogP contribution in [0.15, 0.2) is 162 Å². The van der Waals surface area contributed by atoms with Gasteiger partial charge in [-0.15, -0.1) is 4.98 Å². The van der Waals surface area contributed by atoms with Gasteiger partial charge in [0.05, 0.1) is 17.9 Å². The highest BCUT2D eigenvalue weighted by molar-refractivity contribution is 14.1.